The molecule has 0 aromatic carbocycles. The van der Waals surface area contributed by atoms with Crippen LogP contribution >= 0.6 is 0 Å². The molecule has 0 saturated carbocycles. The van der Waals surface area contributed by atoms with Gasteiger partial charge < -0.3 is 20.7 Å². The Morgan fingerprint density at radius 3 is 1.88 bits per heavy atom. The van der Waals surface area contributed by atoms with Crippen molar-refractivity contribution in [3.8, 4) is 0 Å². The number of hydrogen-bond acceptors (Lipinski definition) is 7. The molecule has 150 valence electrons. The first-order chi connectivity index (χ1) is 12.2. The van der Waals surface area contributed by atoms with Gasteiger partial charge in [-0.3, -0.25) is 0 Å². The fraction of sp³-hybridized carbons (Fsp3) is 0.857. The zero-order valence-corrected chi connectivity index (χ0v) is 16.0. The third kappa shape index (κ3) is 7.36. The maximum atomic E-state index is 11.6. The minimum atomic E-state index is -2.97. The van der Waals surface area contributed by atoms with E-state index in [1.54, 1.807) is 0 Å². The van der Waals surface area contributed by atoms with E-state index in [0.717, 1.165) is 0 Å². The van der Waals surface area contributed by atoms with Crippen LogP contribution in [0.4, 0.5) is 9.59 Å². The topological polar surface area (TPSA) is 148 Å². The van der Waals surface area contributed by atoms with Gasteiger partial charge in [-0.1, -0.05) is 0 Å². The molecule has 2 atom stereocenters. The number of hydrogen-bond donors (Lipinski definition) is 3. The Morgan fingerprint density at radius 1 is 0.846 bits per heavy atom. The monoisotopic (exact) mass is 411 g/mol. The Bertz CT molecular complexity index is 659. The number of ether oxygens (including phenoxy) is 1. The lowest BCUT2D eigenvalue weighted by molar-refractivity contribution is 0.145. The Balaban J connectivity index is 1.49. The summed E-state index contributed by atoms with van der Waals surface area (Å²) in [5, 5.41) is 7.61. The van der Waals surface area contributed by atoms with Crippen molar-refractivity contribution >= 4 is 31.8 Å². The highest BCUT2D eigenvalue weighted by atomic mass is 32.2. The van der Waals surface area contributed by atoms with E-state index in [4.69, 9.17) is 4.74 Å². The predicted molar refractivity (Wildman–Crippen MR) is 94.3 cm³/mol. The quantitative estimate of drug-likeness (QED) is 0.450. The second kappa shape index (κ2) is 8.89. The van der Waals surface area contributed by atoms with Gasteiger partial charge in [0.25, 0.3) is 0 Å². The number of urea groups is 1. The Kier molecular flexibility index (Phi) is 7.09. The molecule has 12 heteroatoms. The van der Waals surface area contributed by atoms with Gasteiger partial charge in [-0.25, -0.2) is 26.4 Å². The standard InChI is InChI=1S/C14H25N3O7S2/c18-13(16-7-11-1-5-25(20,21)9-11)15-3-4-24-14(19)17-8-12-2-6-26(22,23)10-12/h11-12H,1-10H2,(H,17,19)(H2,15,16,18). The lowest BCUT2D eigenvalue weighted by Gasteiger charge is -2.12. The molecule has 3 N–H and O–H groups in total. The van der Waals surface area contributed by atoms with Crippen LogP contribution in [-0.4, -0.2) is 78.2 Å². The van der Waals surface area contributed by atoms with E-state index in [9.17, 15) is 26.4 Å². The fourth-order valence-corrected chi connectivity index (χ4v) is 6.68. The average molecular weight is 412 g/mol. The molecule has 2 saturated heterocycles. The Hall–Kier alpha value is -1.56. The van der Waals surface area contributed by atoms with E-state index in [-0.39, 0.29) is 61.1 Å². The second-order valence-electron chi connectivity index (χ2n) is 6.69. The van der Waals surface area contributed by atoms with Gasteiger partial charge in [0.05, 0.1) is 29.6 Å². The van der Waals surface area contributed by atoms with Crippen LogP contribution in [0.25, 0.3) is 0 Å². The van der Waals surface area contributed by atoms with Gasteiger partial charge in [-0.15, -0.1) is 0 Å². The molecule has 0 radical (unpaired) electrons. The molecule has 2 heterocycles. The highest BCUT2D eigenvalue weighted by Gasteiger charge is 2.28. The van der Waals surface area contributed by atoms with Crippen LogP contribution in [0.15, 0.2) is 0 Å². The zero-order valence-electron chi connectivity index (χ0n) is 14.4. The molecule has 0 spiro atoms. The minimum Gasteiger partial charge on any atom is -0.448 e. The molecule has 0 aliphatic carbocycles. The maximum absolute atomic E-state index is 11.6. The van der Waals surface area contributed by atoms with Crippen molar-refractivity contribution < 1.29 is 31.2 Å². The Labute approximate surface area is 153 Å². The van der Waals surface area contributed by atoms with E-state index >= 15 is 0 Å². The summed E-state index contributed by atoms with van der Waals surface area (Å²) >= 11 is 0. The van der Waals surface area contributed by atoms with Crippen molar-refractivity contribution in [3.05, 3.63) is 0 Å². The predicted octanol–water partition coefficient (Wildman–Crippen LogP) is -1.12. The summed E-state index contributed by atoms with van der Waals surface area (Å²) in [5.41, 5.74) is 0. The molecular weight excluding hydrogens is 386 g/mol. The van der Waals surface area contributed by atoms with E-state index in [2.05, 4.69) is 16.0 Å². The number of nitrogens with one attached hydrogen (secondary N) is 3. The molecule has 2 fully saturated rings. The van der Waals surface area contributed by atoms with Crippen molar-refractivity contribution in [1.82, 2.24) is 16.0 Å². The highest BCUT2D eigenvalue weighted by molar-refractivity contribution is 7.91. The van der Waals surface area contributed by atoms with E-state index in [0.29, 0.717) is 12.8 Å². The summed E-state index contributed by atoms with van der Waals surface area (Å²) in [5.74, 6) is 0.343. The summed E-state index contributed by atoms with van der Waals surface area (Å²) < 4.78 is 50.1. The van der Waals surface area contributed by atoms with Gasteiger partial charge in [0.15, 0.2) is 19.7 Å². The average Bonchev–Trinajstić information content (AvgIpc) is 3.08. The van der Waals surface area contributed by atoms with Gasteiger partial charge in [0, 0.05) is 13.1 Å². The van der Waals surface area contributed by atoms with Gasteiger partial charge in [0.2, 0.25) is 0 Å². The van der Waals surface area contributed by atoms with Crippen LogP contribution in [0.3, 0.4) is 0 Å². The van der Waals surface area contributed by atoms with Crippen LogP contribution in [0.5, 0.6) is 0 Å². The highest BCUT2D eigenvalue weighted by Crippen LogP contribution is 2.17. The molecule has 10 nitrogen and oxygen atoms in total. The first-order valence-corrected chi connectivity index (χ1v) is 12.1. The molecule has 2 aliphatic rings. The first-order valence-electron chi connectivity index (χ1n) is 8.48. The van der Waals surface area contributed by atoms with Crippen molar-refractivity contribution in [2.24, 2.45) is 11.8 Å². The number of carbonyl (C=O) groups is 2. The molecule has 0 bridgehead atoms. The number of rotatable bonds is 7. The molecule has 2 unspecified atom stereocenters. The van der Waals surface area contributed by atoms with Gasteiger partial charge >= 0.3 is 12.1 Å². The van der Waals surface area contributed by atoms with Crippen molar-refractivity contribution in [1.29, 1.82) is 0 Å². The van der Waals surface area contributed by atoms with Gasteiger partial charge in [-0.2, -0.15) is 0 Å². The molecule has 2 rings (SSSR count). The summed E-state index contributed by atoms with van der Waals surface area (Å²) in [6.45, 7) is 0.618. The van der Waals surface area contributed by atoms with Crippen molar-refractivity contribution in [2.45, 2.75) is 12.8 Å². The van der Waals surface area contributed by atoms with Crippen LogP contribution in [0.2, 0.25) is 0 Å². The van der Waals surface area contributed by atoms with Crippen LogP contribution < -0.4 is 16.0 Å². The van der Waals surface area contributed by atoms with Crippen LogP contribution in [0.1, 0.15) is 12.8 Å². The third-order valence-corrected chi connectivity index (χ3v) is 8.03. The fourth-order valence-electron chi connectivity index (χ4n) is 2.95. The smallest absolute Gasteiger partial charge is 0.407 e. The molecule has 26 heavy (non-hydrogen) atoms. The SMILES string of the molecule is O=C(NCCOC(=O)NCC1CCS(=O)(=O)C1)NCC1CCS(=O)(=O)C1. The van der Waals surface area contributed by atoms with Crippen molar-refractivity contribution in [2.75, 3.05) is 49.3 Å². The molecule has 0 aromatic rings. The van der Waals surface area contributed by atoms with Crippen LogP contribution in [-0.2, 0) is 24.4 Å². The zero-order chi connectivity index (χ0) is 19.2. The van der Waals surface area contributed by atoms with Gasteiger partial charge in [0.1, 0.15) is 6.61 Å². The molecule has 2 aliphatic heterocycles. The number of alkyl carbamates (subject to hydrolysis) is 1. The van der Waals surface area contributed by atoms with Crippen LogP contribution in [0, 0.1) is 11.8 Å². The van der Waals surface area contributed by atoms with E-state index < -0.39 is 31.8 Å². The third-order valence-electron chi connectivity index (χ3n) is 4.36. The lowest BCUT2D eigenvalue weighted by atomic mass is 10.1. The first kappa shape index (κ1) is 20.7. The summed E-state index contributed by atoms with van der Waals surface area (Å²) in [4.78, 5) is 23.1. The number of sulfone groups is 2. The minimum absolute atomic E-state index is 0.0278. The van der Waals surface area contributed by atoms with E-state index in [1.165, 1.54) is 0 Å². The maximum Gasteiger partial charge on any atom is 0.407 e. The van der Waals surface area contributed by atoms with Crippen molar-refractivity contribution in [3.63, 3.8) is 0 Å². The lowest BCUT2D eigenvalue weighted by Crippen LogP contribution is -2.40. The number of amides is 3. The normalized spacial score (nSPS) is 26.2. The molecular formula is C14H25N3O7S2. The number of carbonyl (C=O) groups excluding carboxylic acids is 2. The molecule has 0 aromatic heterocycles. The summed E-state index contributed by atoms with van der Waals surface area (Å²) in [6.07, 6.45) is 0.425. The van der Waals surface area contributed by atoms with E-state index in [1.807, 2.05) is 0 Å². The second-order valence-corrected chi connectivity index (χ2v) is 11.1. The largest absolute Gasteiger partial charge is 0.448 e. The molecule has 3 amide bonds. The Morgan fingerprint density at radius 2 is 1.38 bits per heavy atom. The summed E-state index contributed by atoms with van der Waals surface area (Å²) in [6, 6.07) is -0.450. The van der Waals surface area contributed by atoms with Gasteiger partial charge in [-0.05, 0) is 24.7 Å². The summed E-state index contributed by atoms with van der Waals surface area (Å²) in [7, 11) is -5.93.